The first-order valence-corrected chi connectivity index (χ1v) is 40.0. The summed E-state index contributed by atoms with van der Waals surface area (Å²) in [5, 5.41) is 110. The summed E-state index contributed by atoms with van der Waals surface area (Å²) in [4.78, 5) is 51.0. The first-order chi connectivity index (χ1) is 47.3. The molecule has 18 atom stereocenters. The van der Waals surface area contributed by atoms with E-state index in [1.165, 1.54) is 154 Å². The predicted octanol–water partition coefficient (Wildman–Crippen LogP) is 10.7. The fourth-order valence-corrected chi connectivity index (χ4v) is 13.7. The fourth-order valence-electron chi connectivity index (χ4n) is 12.8. The van der Waals surface area contributed by atoms with Gasteiger partial charge in [0.1, 0.15) is 98.7 Å². The van der Waals surface area contributed by atoms with Crippen LogP contribution in [0.5, 0.6) is 0 Å². The summed E-state index contributed by atoms with van der Waals surface area (Å²) in [5.41, 5.74) is 0. The van der Waals surface area contributed by atoms with Gasteiger partial charge in [0.15, 0.2) is 18.7 Å². The van der Waals surface area contributed by atoms with Crippen LogP contribution in [0.2, 0.25) is 0 Å². The molecule has 576 valence electrons. The van der Waals surface area contributed by atoms with Crippen LogP contribution in [-0.2, 0) is 61.2 Å². The molecule has 1 saturated carbocycles. The Kier molecular flexibility index (Phi) is 50.7. The molecular formula is C73H135O24P. The van der Waals surface area contributed by atoms with Gasteiger partial charge in [-0.1, -0.05) is 251 Å². The first-order valence-electron chi connectivity index (χ1n) is 38.5. The van der Waals surface area contributed by atoms with Crippen molar-refractivity contribution in [2.24, 2.45) is 0 Å². The predicted molar refractivity (Wildman–Crippen MR) is 370 cm³/mol. The van der Waals surface area contributed by atoms with Gasteiger partial charge >= 0.3 is 25.7 Å². The molecule has 25 heteroatoms. The van der Waals surface area contributed by atoms with E-state index in [-0.39, 0.29) is 19.3 Å². The lowest BCUT2D eigenvalue weighted by atomic mass is 9.84. The molecule has 18 unspecified atom stereocenters. The Bertz CT molecular complexity index is 2080. The molecule has 0 amide bonds. The van der Waals surface area contributed by atoms with E-state index in [1.54, 1.807) is 0 Å². The van der Waals surface area contributed by atoms with Gasteiger partial charge in [-0.05, 0) is 44.9 Å². The lowest BCUT2D eigenvalue weighted by molar-refractivity contribution is -0.360. The smallest absolute Gasteiger partial charge is 0.463 e. The first kappa shape index (κ1) is 89.9. The van der Waals surface area contributed by atoms with Crippen LogP contribution >= 0.6 is 7.82 Å². The SMILES string of the molecule is CCCCCCCC/C=C\CCCCCC(=O)OC(COC(=O)CCCCCCCCCCCCCCCCCC)COP(=O)(O)OC1C(OC2OC(CO)C(O)C(O)C2O)C(O)C(O)C(O)C1OC1OC(COC(=O)CCCCCCCCCCCCCCCC)C(O)C(O)C1O. The molecule has 98 heavy (non-hydrogen) atoms. The number of phosphoric acid groups is 1. The van der Waals surface area contributed by atoms with E-state index >= 15 is 0 Å². The number of aliphatic hydroxyl groups excluding tert-OH is 10. The van der Waals surface area contributed by atoms with Gasteiger partial charge in [-0.3, -0.25) is 23.4 Å². The van der Waals surface area contributed by atoms with E-state index in [0.29, 0.717) is 25.7 Å². The Morgan fingerprint density at radius 3 is 1.11 bits per heavy atom. The number of hydrogen-bond acceptors (Lipinski definition) is 23. The van der Waals surface area contributed by atoms with Crippen LogP contribution in [0.3, 0.4) is 0 Å². The zero-order valence-electron chi connectivity index (χ0n) is 60.1. The van der Waals surface area contributed by atoms with Crippen molar-refractivity contribution in [3.05, 3.63) is 12.2 Å². The van der Waals surface area contributed by atoms with Crippen LogP contribution in [0.1, 0.15) is 303 Å². The maximum atomic E-state index is 14.3. The molecule has 0 radical (unpaired) electrons. The molecule has 0 spiro atoms. The topological polar surface area (TPSA) is 374 Å². The number of allylic oxidation sites excluding steroid dienone is 2. The monoisotopic (exact) mass is 1430 g/mol. The number of carbonyl (C=O) groups is 3. The molecule has 0 aromatic heterocycles. The second kappa shape index (κ2) is 55.2. The van der Waals surface area contributed by atoms with Crippen LogP contribution in [0.25, 0.3) is 0 Å². The van der Waals surface area contributed by atoms with Crippen molar-refractivity contribution in [2.75, 3.05) is 26.4 Å². The van der Waals surface area contributed by atoms with E-state index in [0.717, 1.165) is 83.5 Å². The van der Waals surface area contributed by atoms with Gasteiger partial charge in [-0.2, -0.15) is 0 Å². The van der Waals surface area contributed by atoms with E-state index in [4.69, 9.17) is 42.2 Å². The summed E-state index contributed by atoms with van der Waals surface area (Å²) >= 11 is 0. The fraction of sp³-hybridized carbons (Fsp3) is 0.932. The second-order valence-electron chi connectivity index (χ2n) is 27.7. The summed E-state index contributed by atoms with van der Waals surface area (Å²) < 4.78 is 65.0. The van der Waals surface area contributed by atoms with Crippen molar-refractivity contribution in [3.8, 4) is 0 Å². The molecule has 2 aliphatic heterocycles. The summed E-state index contributed by atoms with van der Waals surface area (Å²) in [6.07, 6.45) is 14.2. The Morgan fingerprint density at radius 2 is 0.714 bits per heavy atom. The minimum absolute atomic E-state index is 0.0319. The molecule has 0 aromatic rings. The van der Waals surface area contributed by atoms with Crippen molar-refractivity contribution < 1.29 is 117 Å². The molecule has 1 aliphatic carbocycles. The standard InChI is InChI=1S/C73H135O24P/c1-4-7-10-13-16-19-22-25-27-28-31-33-35-38-41-44-47-57(75)89-51-54(92-59(77)49-46-43-40-37-34-29-24-21-18-15-12-9-6-3)52-91-98(87,88)97-71-69(95-72-67(85)62(80)60(78)55(50-74)93-72)65(83)64(82)66(84)70(71)96-73-68(86)63(81)61(79)56(94-73)53-90-58(76)48-45-42-39-36-32-30-26-23-20-17-14-11-8-5-2/h29,34,54-56,60-74,78-86H,4-28,30-33,35-53H2,1-3H3,(H,87,88)/b34-29-. The largest absolute Gasteiger partial charge is 0.472 e. The summed E-state index contributed by atoms with van der Waals surface area (Å²) in [7, 11) is -5.70. The molecule has 3 rings (SSSR count). The third-order valence-corrected chi connectivity index (χ3v) is 20.0. The van der Waals surface area contributed by atoms with Crippen LogP contribution in [0.4, 0.5) is 0 Å². The minimum atomic E-state index is -5.70. The van der Waals surface area contributed by atoms with Crippen LogP contribution in [0, 0.1) is 0 Å². The van der Waals surface area contributed by atoms with Gasteiger partial charge in [0.05, 0.1) is 13.2 Å². The highest BCUT2D eigenvalue weighted by Gasteiger charge is 2.58. The zero-order chi connectivity index (χ0) is 71.8. The number of phosphoric ester groups is 1. The number of esters is 3. The molecule has 2 heterocycles. The number of ether oxygens (including phenoxy) is 7. The molecule has 2 saturated heterocycles. The molecule has 3 aliphatic rings. The van der Waals surface area contributed by atoms with Crippen molar-refractivity contribution >= 4 is 25.7 Å². The summed E-state index contributed by atoms with van der Waals surface area (Å²) in [5.74, 6) is -2.00. The summed E-state index contributed by atoms with van der Waals surface area (Å²) in [6, 6.07) is 0. The van der Waals surface area contributed by atoms with Gasteiger partial charge < -0.3 is 89.1 Å². The number of unbranched alkanes of at least 4 members (excludes halogenated alkanes) is 37. The van der Waals surface area contributed by atoms with E-state index in [1.807, 2.05) is 0 Å². The number of aliphatic hydroxyl groups is 10. The summed E-state index contributed by atoms with van der Waals surface area (Å²) in [6.45, 7) is 3.44. The quantitative estimate of drug-likeness (QED) is 0.00886. The maximum Gasteiger partial charge on any atom is 0.472 e. The number of hydrogen-bond donors (Lipinski definition) is 11. The third-order valence-electron chi connectivity index (χ3n) is 19.0. The van der Waals surface area contributed by atoms with Crippen LogP contribution in [0.15, 0.2) is 12.2 Å². The molecule has 3 fully saturated rings. The highest BCUT2D eigenvalue weighted by molar-refractivity contribution is 7.47. The highest BCUT2D eigenvalue weighted by atomic mass is 31.2. The van der Waals surface area contributed by atoms with Gasteiger partial charge in [-0.15, -0.1) is 0 Å². The molecule has 0 bridgehead atoms. The van der Waals surface area contributed by atoms with Crippen molar-refractivity contribution in [1.82, 2.24) is 0 Å². The van der Waals surface area contributed by atoms with Crippen molar-refractivity contribution in [3.63, 3.8) is 0 Å². The molecular weight excluding hydrogens is 1290 g/mol. The van der Waals surface area contributed by atoms with Crippen molar-refractivity contribution in [1.29, 1.82) is 0 Å². The average Bonchev–Trinajstić information content (AvgIpc) is 0.762. The molecule has 11 N–H and O–H groups in total. The van der Waals surface area contributed by atoms with E-state index in [2.05, 4.69) is 32.9 Å². The van der Waals surface area contributed by atoms with Gasteiger partial charge in [-0.25, -0.2) is 4.57 Å². The Balaban J connectivity index is 1.73. The Morgan fingerprint density at radius 1 is 0.388 bits per heavy atom. The van der Waals surface area contributed by atoms with Gasteiger partial charge in [0, 0.05) is 19.3 Å². The lowest BCUT2D eigenvalue weighted by Gasteiger charge is -2.49. The van der Waals surface area contributed by atoms with E-state index in [9.17, 15) is 74.9 Å². The maximum absolute atomic E-state index is 14.3. The zero-order valence-corrected chi connectivity index (χ0v) is 61.0. The molecule has 0 aromatic carbocycles. The highest BCUT2D eigenvalue weighted by Crippen LogP contribution is 2.49. The minimum Gasteiger partial charge on any atom is -0.463 e. The van der Waals surface area contributed by atoms with Crippen molar-refractivity contribution in [2.45, 2.75) is 407 Å². The van der Waals surface area contributed by atoms with Crippen LogP contribution in [-0.4, -0.2) is 204 Å². The normalized spacial score (nSPS) is 27.7. The number of rotatable bonds is 60. The van der Waals surface area contributed by atoms with E-state index < -0.39 is 156 Å². The second-order valence-corrected chi connectivity index (χ2v) is 29.1. The average molecular weight is 1430 g/mol. The lowest BCUT2D eigenvalue weighted by Crippen LogP contribution is -2.69. The molecule has 24 nitrogen and oxygen atoms in total. The third kappa shape index (κ3) is 37.9. The Hall–Kier alpha value is -2.30. The Labute approximate surface area is 586 Å². The van der Waals surface area contributed by atoms with Crippen LogP contribution < -0.4 is 0 Å². The van der Waals surface area contributed by atoms with Gasteiger partial charge in [0.2, 0.25) is 0 Å². The van der Waals surface area contributed by atoms with Gasteiger partial charge in [0.25, 0.3) is 0 Å². The number of carbonyl (C=O) groups excluding carboxylic acids is 3.